The topological polar surface area (TPSA) is 88.5 Å². The van der Waals surface area contributed by atoms with Gasteiger partial charge in [-0.2, -0.15) is 0 Å². The molecule has 0 spiro atoms. The number of hydrogen-bond donors (Lipinski definition) is 2. The van der Waals surface area contributed by atoms with E-state index in [1.165, 1.54) is 11.3 Å². The number of nitrogens with one attached hydrogen (secondary N) is 1. The molecule has 1 heterocycles. The van der Waals surface area contributed by atoms with E-state index in [1.54, 1.807) is 12.3 Å². The highest BCUT2D eigenvalue weighted by molar-refractivity contribution is 7.13. The van der Waals surface area contributed by atoms with Crippen LogP contribution in [0.5, 0.6) is 5.75 Å². The van der Waals surface area contributed by atoms with Crippen LogP contribution in [0.25, 0.3) is 10.6 Å². The van der Waals surface area contributed by atoms with E-state index in [4.69, 9.17) is 9.84 Å². The van der Waals surface area contributed by atoms with Crippen molar-refractivity contribution in [3.05, 3.63) is 35.3 Å². The fraction of sp³-hybridized carbons (Fsp3) is 0.312. The summed E-state index contributed by atoms with van der Waals surface area (Å²) in [6.07, 6.45) is 0.316. The molecule has 2 rings (SSSR count). The Labute approximate surface area is 138 Å². The number of aliphatic carboxylic acids is 1. The number of nitrogens with zero attached hydrogens (tertiary/aromatic N) is 1. The fourth-order valence-electron chi connectivity index (χ4n) is 1.94. The predicted octanol–water partition coefficient (Wildman–Crippen LogP) is 2.80. The molecule has 0 aliphatic rings. The molecular weight excluding hydrogens is 316 g/mol. The zero-order valence-corrected chi connectivity index (χ0v) is 13.7. The molecule has 122 valence electrons. The third kappa shape index (κ3) is 4.29. The van der Waals surface area contributed by atoms with E-state index in [1.807, 2.05) is 31.2 Å². The smallest absolute Gasteiger partial charge is 0.326 e. The Morgan fingerprint density at radius 3 is 2.57 bits per heavy atom. The van der Waals surface area contributed by atoms with Crippen LogP contribution in [0.1, 0.15) is 30.8 Å². The van der Waals surface area contributed by atoms with Crippen molar-refractivity contribution in [2.75, 3.05) is 6.61 Å². The van der Waals surface area contributed by atoms with Gasteiger partial charge in [-0.3, -0.25) is 4.79 Å². The van der Waals surface area contributed by atoms with Gasteiger partial charge in [0.2, 0.25) is 0 Å². The van der Waals surface area contributed by atoms with E-state index in [9.17, 15) is 9.59 Å². The second-order valence-electron chi connectivity index (χ2n) is 4.77. The Morgan fingerprint density at radius 2 is 2.00 bits per heavy atom. The molecule has 0 saturated carbocycles. The molecule has 23 heavy (non-hydrogen) atoms. The zero-order chi connectivity index (χ0) is 16.8. The van der Waals surface area contributed by atoms with Gasteiger partial charge >= 0.3 is 5.97 Å². The fourth-order valence-corrected chi connectivity index (χ4v) is 2.75. The van der Waals surface area contributed by atoms with Gasteiger partial charge in [0.1, 0.15) is 22.5 Å². The molecule has 0 radical (unpaired) electrons. The van der Waals surface area contributed by atoms with Gasteiger partial charge in [-0.1, -0.05) is 6.92 Å². The molecule has 1 aromatic carbocycles. The first kappa shape index (κ1) is 17.0. The summed E-state index contributed by atoms with van der Waals surface area (Å²) in [6, 6.07) is 6.53. The highest BCUT2D eigenvalue weighted by atomic mass is 32.1. The minimum atomic E-state index is -1.05. The van der Waals surface area contributed by atoms with E-state index in [-0.39, 0.29) is 5.69 Å². The lowest BCUT2D eigenvalue weighted by Crippen LogP contribution is -2.40. The van der Waals surface area contributed by atoms with E-state index in [0.717, 1.165) is 11.3 Å². The van der Waals surface area contributed by atoms with E-state index in [2.05, 4.69) is 10.3 Å². The molecule has 0 aliphatic heterocycles. The SMILES string of the molecule is CCOc1ccc(-c2nc(C(=O)NC(CC)C(=O)O)cs2)cc1. The highest BCUT2D eigenvalue weighted by Gasteiger charge is 2.20. The van der Waals surface area contributed by atoms with Crippen LogP contribution in [0.4, 0.5) is 0 Å². The zero-order valence-electron chi connectivity index (χ0n) is 12.9. The average molecular weight is 334 g/mol. The maximum absolute atomic E-state index is 12.1. The summed E-state index contributed by atoms with van der Waals surface area (Å²) in [6.45, 7) is 4.22. The predicted molar refractivity (Wildman–Crippen MR) is 87.9 cm³/mol. The van der Waals surface area contributed by atoms with Gasteiger partial charge in [-0.25, -0.2) is 9.78 Å². The first-order valence-corrected chi connectivity index (χ1v) is 8.15. The summed E-state index contributed by atoms with van der Waals surface area (Å²) in [5, 5.41) is 13.8. The van der Waals surface area contributed by atoms with Crippen molar-refractivity contribution in [3.63, 3.8) is 0 Å². The molecule has 1 unspecified atom stereocenters. The number of carboxylic acid groups (broad SMARTS) is 1. The third-order valence-electron chi connectivity index (χ3n) is 3.16. The van der Waals surface area contributed by atoms with Gasteiger partial charge < -0.3 is 15.2 Å². The number of benzene rings is 1. The molecule has 0 aliphatic carbocycles. The van der Waals surface area contributed by atoms with Crippen molar-refractivity contribution in [2.45, 2.75) is 26.3 Å². The molecule has 1 atom stereocenters. The maximum atomic E-state index is 12.1. The number of ether oxygens (including phenoxy) is 1. The van der Waals surface area contributed by atoms with Gasteiger partial charge in [0.15, 0.2) is 0 Å². The lowest BCUT2D eigenvalue weighted by atomic mass is 10.2. The molecule has 7 heteroatoms. The van der Waals surface area contributed by atoms with Crippen molar-refractivity contribution in [1.82, 2.24) is 10.3 Å². The number of carboxylic acids is 1. The van der Waals surface area contributed by atoms with Gasteiger partial charge in [0.25, 0.3) is 5.91 Å². The second-order valence-corrected chi connectivity index (χ2v) is 5.63. The summed E-state index contributed by atoms with van der Waals surface area (Å²) >= 11 is 1.33. The number of amides is 1. The Morgan fingerprint density at radius 1 is 1.30 bits per heavy atom. The van der Waals surface area contributed by atoms with E-state index in [0.29, 0.717) is 18.0 Å². The van der Waals surface area contributed by atoms with Crippen molar-refractivity contribution in [2.24, 2.45) is 0 Å². The molecule has 0 saturated heterocycles. The van der Waals surface area contributed by atoms with Crippen LogP contribution in [0.2, 0.25) is 0 Å². The second kappa shape index (κ2) is 7.73. The Kier molecular flexibility index (Phi) is 5.70. The molecule has 2 N–H and O–H groups in total. The highest BCUT2D eigenvalue weighted by Crippen LogP contribution is 2.25. The number of aromatic nitrogens is 1. The first-order chi connectivity index (χ1) is 11.0. The number of thiazole rings is 1. The Hall–Kier alpha value is -2.41. The van der Waals surface area contributed by atoms with Crippen molar-refractivity contribution < 1.29 is 19.4 Å². The van der Waals surface area contributed by atoms with Gasteiger partial charge in [0, 0.05) is 10.9 Å². The lowest BCUT2D eigenvalue weighted by molar-refractivity contribution is -0.139. The van der Waals surface area contributed by atoms with Crippen LogP contribution in [0, 0.1) is 0 Å². The molecule has 0 bridgehead atoms. The van der Waals surface area contributed by atoms with Crippen LogP contribution in [0.15, 0.2) is 29.6 Å². The standard InChI is InChI=1S/C16H18N2O4S/c1-3-12(16(20)21)17-14(19)13-9-23-15(18-13)10-5-7-11(8-6-10)22-4-2/h5-9,12H,3-4H2,1-2H3,(H,17,19)(H,20,21). The normalized spacial score (nSPS) is 11.7. The number of carbonyl (C=O) groups excluding carboxylic acids is 1. The molecule has 6 nitrogen and oxygen atoms in total. The summed E-state index contributed by atoms with van der Waals surface area (Å²) < 4.78 is 5.38. The lowest BCUT2D eigenvalue weighted by Gasteiger charge is -2.10. The third-order valence-corrected chi connectivity index (χ3v) is 4.05. The van der Waals surface area contributed by atoms with Gasteiger partial charge in [-0.15, -0.1) is 11.3 Å². The van der Waals surface area contributed by atoms with Crippen LogP contribution in [0.3, 0.4) is 0 Å². The molecule has 1 aromatic heterocycles. The minimum absolute atomic E-state index is 0.221. The van der Waals surface area contributed by atoms with E-state index >= 15 is 0 Å². The van der Waals surface area contributed by atoms with Crippen molar-refractivity contribution in [1.29, 1.82) is 0 Å². The van der Waals surface area contributed by atoms with Gasteiger partial charge in [0.05, 0.1) is 6.61 Å². The molecule has 1 amide bonds. The van der Waals surface area contributed by atoms with E-state index < -0.39 is 17.9 Å². The number of rotatable bonds is 7. The average Bonchev–Trinajstić information content (AvgIpc) is 3.03. The quantitative estimate of drug-likeness (QED) is 0.813. The molecule has 2 aromatic rings. The van der Waals surface area contributed by atoms with Crippen LogP contribution in [-0.2, 0) is 4.79 Å². The van der Waals surface area contributed by atoms with Crippen LogP contribution in [-0.4, -0.2) is 34.6 Å². The van der Waals surface area contributed by atoms with Crippen molar-refractivity contribution in [3.8, 4) is 16.3 Å². The molecule has 0 fully saturated rings. The Bertz CT molecular complexity index is 682. The summed E-state index contributed by atoms with van der Waals surface area (Å²) in [5.41, 5.74) is 1.10. The largest absolute Gasteiger partial charge is 0.494 e. The monoisotopic (exact) mass is 334 g/mol. The Balaban J connectivity index is 2.10. The first-order valence-electron chi connectivity index (χ1n) is 7.27. The van der Waals surface area contributed by atoms with Gasteiger partial charge in [-0.05, 0) is 37.6 Å². The maximum Gasteiger partial charge on any atom is 0.326 e. The van der Waals surface area contributed by atoms with Crippen LogP contribution < -0.4 is 10.1 Å². The summed E-state index contributed by atoms with van der Waals surface area (Å²) in [5.74, 6) is -0.756. The van der Waals surface area contributed by atoms with Crippen LogP contribution >= 0.6 is 11.3 Å². The minimum Gasteiger partial charge on any atom is -0.494 e. The van der Waals surface area contributed by atoms with Crippen molar-refractivity contribution >= 4 is 23.2 Å². The summed E-state index contributed by atoms with van der Waals surface area (Å²) in [4.78, 5) is 27.3. The number of hydrogen-bond acceptors (Lipinski definition) is 5. The molecular formula is C16H18N2O4S. The number of carbonyl (C=O) groups is 2. The summed E-state index contributed by atoms with van der Waals surface area (Å²) in [7, 11) is 0.